The van der Waals surface area contributed by atoms with E-state index in [0.29, 0.717) is 16.1 Å². The molecule has 0 amide bonds. The molecule has 0 N–H and O–H groups in total. The number of oxazole rings is 1. The molecule has 0 radical (unpaired) electrons. The third-order valence-corrected chi connectivity index (χ3v) is 3.68. The van der Waals surface area contributed by atoms with Crippen LogP contribution in [-0.4, -0.2) is 10.4 Å². The Balaban J connectivity index is 2.21. The zero-order valence-corrected chi connectivity index (χ0v) is 12.7. The van der Waals surface area contributed by atoms with Crippen molar-refractivity contribution >= 4 is 28.5 Å². The van der Waals surface area contributed by atoms with Crippen LogP contribution >= 0.6 is 11.6 Å². The third kappa shape index (κ3) is 2.77. The molecule has 0 saturated heterocycles. The van der Waals surface area contributed by atoms with Gasteiger partial charge in [0.05, 0.1) is 23.6 Å². The van der Waals surface area contributed by atoms with Gasteiger partial charge in [-0.3, -0.25) is 9.36 Å². The van der Waals surface area contributed by atoms with Gasteiger partial charge in [0.1, 0.15) is 0 Å². The van der Waals surface area contributed by atoms with Crippen molar-refractivity contribution in [2.24, 2.45) is 0 Å². The molecule has 0 atom stereocenters. The number of ketones is 1. The van der Waals surface area contributed by atoms with Gasteiger partial charge in [-0.1, -0.05) is 41.9 Å². The van der Waals surface area contributed by atoms with Crippen molar-refractivity contribution in [3.05, 3.63) is 69.2 Å². The number of aryl methyl sites for hydroxylation is 1. The standard InChI is InChI=1S/C17H11ClN2O3/c18-12-9-13(15(21)11-5-2-1-3-6-11)16-14(10-12)20(8-4-7-19)17(22)23-16/h1-3,5-6,9-10H,4,8H2. The van der Waals surface area contributed by atoms with Crippen molar-refractivity contribution in [1.82, 2.24) is 4.57 Å². The summed E-state index contributed by atoms with van der Waals surface area (Å²) in [6.07, 6.45) is 0.156. The summed E-state index contributed by atoms with van der Waals surface area (Å²) < 4.78 is 6.56. The molecule has 0 aliphatic heterocycles. The number of nitriles is 1. The molecule has 5 nitrogen and oxygen atoms in total. The average Bonchev–Trinajstić information content (AvgIpc) is 2.87. The predicted octanol–water partition coefficient (Wildman–Crippen LogP) is 3.39. The first kappa shape index (κ1) is 15.1. The summed E-state index contributed by atoms with van der Waals surface area (Å²) >= 11 is 6.10. The number of benzene rings is 2. The van der Waals surface area contributed by atoms with Gasteiger partial charge < -0.3 is 4.42 Å². The van der Waals surface area contributed by atoms with Crippen LogP contribution in [0.5, 0.6) is 0 Å². The van der Waals surface area contributed by atoms with Crippen molar-refractivity contribution in [2.45, 2.75) is 13.0 Å². The van der Waals surface area contributed by atoms with Gasteiger partial charge in [-0.15, -0.1) is 0 Å². The molecule has 1 aromatic heterocycles. The number of fused-ring (bicyclic) bond motifs is 1. The number of rotatable bonds is 4. The van der Waals surface area contributed by atoms with Crippen LogP contribution in [0.3, 0.4) is 0 Å². The Bertz CT molecular complexity index is 981. The van der Waals surface area contributed by atoms with Gasteiger partial charge in [0, 0.05) is 17.1 Å². The quantitative estimate of drug-likeness (QED) is 0.689. The van der Waals surface area contributed by atoms with Crippen molar-refractivity contribution < 1.29 is 9.21 Å². The molecule has 0 fully saturated rings. The zero-order valence-electron chi connectivity index (χ0n) is 12.0. The third-order valence-electron chi connectivity index (χ3n) is 3.46. The zero-order chi connectivity index (χ0) is 16.4. The van der Waals surface area contributed by atoms with Crippen molar-refractivity contribution in [2.75, 3.05) is 0 Å². The topological polar surface area (TPSA) is 76.0 Å². The van der Waals surface area contributed by atoms with Crippen LogP contribution in [0.1, 0.15) is 22.3 Å². The lowest BCUT2D eigenvalue weighted by atomic mass is 10.0. The number of aromatic nitrogens is 1. The van der Waals surface area contributed by atoms with Crippen LogP contribution in [0.2, 0.25) is 5.02 Å². The molecule has 0 bridgehead atoms. The molecule has 0 unspecified atom stereocenters. The highest BCUT2D eigenvalue weighted by Crippen LogP contribution is 2.26. The second-order valence-electron chi connectivity index (χ2n) is 4.92. The maximum atomic E-state index is 12.7. The number of nitrogens with zero attached hydrogens (tertiary/aromatic N) is 2. The minimum Gasteiger partial charge on any atom is -0.407 e. The molecule has 114 valence electrons. The Kier molecular flexibility index (Phi) is 4.00. The molecule has 2 aromatic carbocycles. The Labute approximate surface area is 136 Å². The van der Waals surface area contributed by atoms with E-state index in [1.807, 2.05) is 12.1 Å². The molecule has 6 heteroatoms. The molecule has 3 rings (SSSR count). The molecule has 0 saturated carbocycles. The number of hydrogen-bond acceptors (Lipinski definition) is 4. The average molecular weight is 327 g/mol. The maximum absolute atomic E-state index is 12.7. The fraction of sp³-hybridized carbons (Fsp3) is 0.118. The summed E-state index contributed by atoms with van der Waals surface area (Å²) in [4.78, 5) is 24.7. The lowest BCUT2D eigenvalue weighted by Crippen LogP contribution is -2.13. The fourth-order valence-corrected chi connectivity index (χ4v) is 2.63. The molecular weight excluding hydrogens is 316 g/mol. The van der Waals surface area contributed by atoms with E-state index in [9.17, 15) is 9.59 Å². The van der Waals surface area contributed by atoms with Crippen molar-refractivity contribution in [1.29, 1.82) is 5.26 Å². The van der Waals surface area contributed by atoms with Crippen molar-refractivity contribution in [3.8, 4) is 6.07 Å². The molecule has 0 spiro atoms. The molecular formula is C17H11ClN2O3. The Morgan fingerprint density at radius 3 is 2.70 bits per heavy atom. The number of halogens is 1. The van der Waals surface area contributed by atoms with Gasteiger partial charge >= 0.3 is 5.76 Å². The molecule has 23 heavy (non-hydrogen) atoms. The van der Waals surface area contributed by atoms with Crippen LogP contribution in [0, 0.1) is 11.3 Å². The highest BCUT2D eigenvalue weighted by Gasteiger charge is 2.19. The van der Waals surface area contributed by atoms with Gasteiger partial charge in [0.25, 0.3) is 0 Å². The SMILES string of the molecule is N#CCCn1c(=O)oc2c(C(=O)c3ccccc3)cc(Cl)cc21. The minimum absolute atomic E-state index is 0.156. The number of carbonyl (C=O) groups excluding carboxylic acids is 1. The van der Waals surface area contributed by atoms with Crippen LogP contribution in [-0.2, 0) is 6.54 Å². The lowest BCUT2D eigenvalue weighted by Gasteiger charge is -2.04. The molecule has 0 aliphatic carbocycles. The van der Waals surface area contributed by atoms with E-state index >= 15 is 0 Å². The second-order valence-corrected chi connectivity index (χ2v) is 5.36. The maximum Gasteiger partial charge on any atom is 0.420 e. The van der Waals surface area contributed by atoms with E-state index in [-0.39, 0.29) is 29.9 Å². The highest BCUT2D eigenvalue weighted by atomic mass is 35.5. The minimum atomic E-state index is -0.611. The molecule has 3 aromatic rings. The summed E-state index contributed by atoms with van der Waals surface area (Å²) in [6.45, 7) is 0.182. The largest absolute Gasteiger partial charge is 0.420 e. The Hall–Kier alpha value is -2.84. The number of carbonyl (C=O) groups is 1. The first-order valence-corrected chi connectivity index (χ1v) is 7.29. The van der Waals surface area contributed by atoms with Gasteiger partial charge in [-0.2, -0.15) is 5.26 Å². The first-order valence-electron chi connectivity index (χ1n) is 6.91. The van der Waals surface area contributed by atoms with E-state index in [0.717, 1.165) is 0 Å². The van der Waals surface area contributed by atoms with E-state index in [1.165, 1.54) is 10.6 Å². The number of hydrogen-bond donors (Lipinski definition) is 0. The summed E-state index contributed by atoms with van der Waals surface area (Å²) in [5.74, 6) is -0.890. The van der Waals surface area contributed by atoms with Crippen LogP contribution < -0.4 is 5.76 Å². The summed E-state index contributed by atoms with van der Waals surface area (Å²) in [6, 6.07) is 13.7. The van der Waals surface area contributed by atoms with Gasteiger partial charge in [0.15, 0.2) is 11.4 Å². The summed E-state index contributed by atoms with van der Waals surface area (Å²) in [5.41, 5.74) is 1.30. The predicted molar refractivity (Wildman–Crippen MR) is 85.6 cm³/mol. The summed E-state index contributed by atoms with van der Waals surface area (Å²) in [5, 5.41) is 9.02. The Morgan fingerprint density at radius 1 is 1.26 bits per heavy atom. The monoisotopic (exact) mass is 326 g/mol. The van der Waals surface area contributed by atoms with Gasteiger partial charge in [0.2, 0.25) is 0 Å². The first-order chi connectivity index (χ1) is 11.1. The van der Waals surface area contributed by atoms with Gasteiger partial charge in [-0.25, -0.2) is 4.79 Å². The lowest BCUT2D eigenvalue weighted by molar-refractivity contribution is 0.103. The van der Waals surface area contributed by atoms with E-state index in [4.69, 9.17) is 21.3 Å². The van der Waals surface area contributed by atoms with E-state index in [1.54, 1.807) is 30.3 Å². The molecule has 0 aliphatic rings. The normalized spacial score (nSPS) is 10.6. The van der Waals surface area contributed by atoms with Crippen LogP contribution in [0.25, 0.3) is 11.1 Å². The van der Waals surface area contributed by atoms with Crippen molar-refractivity contribution in [3.63, 3.8) is 0 Å². The fourth-order valence-electron chi connectivity index (χ4n) is 2.41. The van der Waals surface area contributed by atoms with Crippen LogP contribution in [0.4, 0.5) is 0 Å². The highest BCUT2D eigenvalue weighted by molar-refractivity contribution is 6.32. The molecule has 1 heterocycles. The van der Waals surface area contributed by atoms with Crippen LogP contribution in [0.15, 0.2) is 51.7 Å². The van der Waals surface area contributed by atoms with E-state index < -0.39 is 5.76 Å². The van der Waals surface area contributed by atoms with Gasteiger partial charge in [-0.05, 0) is 12.1 Å². The second kappa shape index (κ2) is 6.11. The Morgan fingerprint density at radius 2 is 2.00 bits per heavy atom. The summed E-state index contributed by atoms with van der Waals surface area (Å²) in [7, 11) is 0. The smallest absolute Gasteiger partial charge is 0.407 e. The van der Waals surface area contributed by atoms with E-state index in [2.05, 4.69) is 0 Å².